The van der Waals surface area contributed by atoms with Crippen LogP contribution < -0.4 is 0 Å². The highest BCUT2D eigenvalue weighted by atomic mass is 35.5. The molecule has 0 fully saturated rings. The molecule has 0 saturated heterocycles. The summed E-state index contributed by atoms with van der Waals surface area (Å²) in [5.41, 5.74) is 0.668. The van der Waals surface area contributed by atoms with Gasteiger partial charge in [0.15, 0.2) is 0 Å². The van der Waals surface area contributed by atoms with Crippen molar-refractivity contribution in [3.05, 3.63) is 54.2 Å². The SMILES string of the molecule is FC(F)(F)n1nc(CCl)cc1-c1cccc2ccccc12. The average Bonchev–Trinajstić information content (AvgIpc) is 2.91. The predicted octanol–water partition coefficient (Wildman–Crippen LogP) is 4.92. The maximum atomic E-state index is 13.1. The van der Waals surface area contributed by atoms with Crippen LogP contribution in [0.1, 0.15) is 5.69 Å². The molecule has 0 aliphatic carbocycles. The van der Waals surface area contributed by atoms with E-state index >= 15 is 0 Å². The summed E-state index contributed by atoms with van der Waals surface area (Å²) in [6.07, 6.45) is -4.59. The lowest BCUT2D eigenvalue weighted by atomic mass is 10.0. The molecule has 0 N–H and O–H groups in total. The summed E-state index contributed by atoms with van der Waals surface area (Å²) in [6.45, 7) is 0. The number of aromatic nitrogens is 2. The van der Waals surface area contributed by atoms with Gasteiger partial charge < -0.3 is 0 Å². The van der Waals surface area contributed by atoms with E-state index in [0.717, 1.165) is 10.8 Å². The van der Waals surface area contributed by atoms with Crippen molar-refractivity contribution in [1.29, 1.82) is 0 Å². The summed E-state index contributed by atoms with van der Waals surface area (Å²) in [5.74, 6) is -0.0686. The molecular weight excluding hydrogens is 301 g/mol. The molecule has 0 atom stereocenters. The first-order chi connectivity index (χ1) is 10.0. The Hall–Kier alpha value is -2.01. The fraction of sp³-hybridized carbons (Fsp3) is 0.133. The van der Waals surface area contributed by atoms with Gasteiger partial charge in [0.05, 0.1) is 17.3 Å². The largest absolute Gasteiger partial charge is 0.505 e. The van der Waals surface area contributed by atoms with E-state index in [4.69, 9.17) is 11.6 Å². The second kappa shape index (κ2) is 5.07. The minimum Gasteiger partial charge on any atom is -0.171 e. The van der Waals surface area contributed by atoms with E-state index in [0.29, 0.717) is 5.56 Å². The maximum absolute atomic E-state index is 13.1. The molecule has 2 nitrogen and oxygen atoms in total. The number of halogens is 4. The smallest absolute Gasteiger partial charge is 0.171 e. The third-order valence-corrected chi connectivity index (χ3v) is 3.48. The molecule has 3 rings (SSSR count). The van der Waals surface area contributed by atoms with Gasteiger partial charge in [-0.2, -0.15) is 9.78 Å². The van der Waals surface area contributed by atoms with E-state index in [1.54, 1.807) is 24.3 Å². The molecule has 6 heteroatoms. The summed E-state index contributed by atoms with van der Waals surface area (Å²) in [7, 11) is 0. The molecule has 108 valence electrons. The van der Waals surface area contributed by atoms with Crippen molar-refractivity contribution in [1.82, 2.24) is 9.78 Å². The number of alkyl halides is 4. The predicted molar refractivity (Wildman–Crippen MR) is 76.0 cm³/mol. The van der Waals surface area contributed by atoms with Crippen molar-refractivity contribution in [2.45, 2.75) is 12.2 Å². The summed E-state index contributed by atoms with van der Waals surface area (Å²) in [4.78, 5) is 0. The van der Waals surface area contributed by atoms with Gasteiger partial charge in [-0.15, -0.1) is 24.8 Å². The molecule has 0 aliphatic rings. The first-order valence-electron chi connectivity index (χ1n) is 6.21. The zero-order valence-corrected chi connectivity index (χ0v) is 11.5. The molecule has 0 bridgehead atoms. The van der Waals surface area contributed by atoms with Gasteiger partial charge in [0.1, 0.15) is 0 Å². The lowest BCUT2D eigenvalue weighted by molar-refractivity contribution is -0.211. The standard InChI is InChI=1S/C15H10ClF3N2/c16-9-11-8-14(21(20-11)15(17,18)19)13-7-3-5-10-4-1-2-6-12(10)13/h1-8H,9H2. The van der Waals surface area contributed by atoms with Crippen LogP contribution in [-0.2, 0) is 12.2 Å². The van der Waals surface area contributed by atoms with Crippen molar-refractivity contribution in [3.8, 4) is 11.3 Å². The Morgan fingerprint density at radius 2 is 1.76 bits per heavy atom. The van der Waals surface area contributed by atoms with E-state index in [2.05, 4.69) is 5.10 Å². The molecular formula is C15H10ClF3N2. The topological polar surface area (TPSA) is 17.8 Å². The number of hydrogen-bond acceptors (Lipinski definition) is 1. The lowest BCUT2D eigenvalue weighted by Gasteiger charge is -2.12. The third-order valence-electron chi connectivity index (χ3n) is 3.20. The Morgan fingerprint density at radius 3 is 2.48 bits per heavy atom. The van der Waals surface area contributed by atoms with Gasteiger partial charge in [-0.1, -0.05) is 42.5 Å². The highest BCUT2D eigenvalue weighted by molar-refractivity contribution is 6.17. The van der Waals surface area contributed by atoms with E-state index in [9.17, 15) is 13.2 Å². The van der Waals surface area contributed by atoms with Crippen molar-refractivity contribution < 1.29 is 13.2 Å². The number of fused-ring (bicyclic) bond motifs is 1. The number of hydrogen-bond donors (Lipinski definition) is 0. The van der Waals surface area contributed by atoms with Crippen LogP contribution >= 0.6 is 11.6 Å². The second-order valence-electron chi connectivity index (χ2n) is 4.56. The van der Waals surface area contributed by atoms with Crippen molar-refractivity contribution in [2.24, 2.45) is 0 Å². The quantitative estimate of drug-likeness (QED) is 0.614. The lowest BCUT2D eigenvalue weighted by Crippen LogP contribution is -2.19. The molecule has 0 radical (unpaired) electrons. The highest BCUT2D eigenvalue weighted by Crippen LogP contribution is 2.34. The Balaban J connectivity index is 2.30. The van der Waals surface area contributed by atoms with Gasteiger partial charge in [0.2, 0.25) is 0 Å². The Labute approximate surface area is 123 Å². The van der Waals surface area contributed by atoms with Gasteiger partial charge in [-0.3, -0.25) is 0 Å². The Kier molecular flexibility index (Phi) is 3.37. The summed E-state index contributed by atoms with van der Waals surface area (Å²) in [6, 6.07) is 13.9. The first kappa shape index (κ1) is 13.9. The summed E-state index contributed by atoms with van der Waals surface area (Å²) in [5, 5.41) is 5.16. The van der Waals surface area contributed by atoms with Crippen molar-refractivity contribution in [3.63, 3.8) is 0 Å². The van der Waals surface area contributed by atoms with Crippen LogP contribution in [0.4, 0.5) is 13.2 Å². The van der Waals surface area contributed by atoms with Gasteiger partial charge in [-0.05, 0) is 16.8 Å². The van der Waals surface area contributed by atoms with Crippen LogP contribution in [0.5, 0.6) is 0 Å². The molecule has 0 spiro atoms. The van der Waals surface area contributed by atoms with E-state index in [1.165, 1.54) is 6.07 Å². The molecule has 1 heterocycles. The Morgan fingerprint density at radius 1 is 1.05 bits per heavy atom. The molecule has 0 saturated carbocycles. The van der Waals surface area contributed by atoms with Crippen LogP contribution in [0.2, 0.25) is 0 Å². The maximum Gasteiger partial charge on any atom is 0.505 e. The second-order valence-corrected chi connectivity index (χ2v) is 4.83. The van der Waals surface area contributed by atoms with E-state index in [-0.39, 0.29) is 21.9 Å². The normalized spacial score (nSPS) is 12.0. The third kappa shape index (κ3) is 2.49. The van der Waals surface area contributed by atoms with Crippen LogP contribution in [-0.4, -0.2) is 9.78 Å². The monoisotopic (exact) mass is 310 g/mol. The van der Waals surface area contributed by atoms with Crippen molar-refractivity contribution in [2.75, 3.05) is 0 Å². The van der Waals surface area contributed by atoms with Crippen LogP contribution in [0.3, 0.4) is 0 Å². The molecule has 21 heavy (non-hydrogen) atoms. The van der Waals surface area contributed by atoms with Gasteiger partial charge in [-0.25, -0.2) is 0 Å². The minimum absolute atomic E-state index is 0.00468. The van der Waals surface area contributed by atoms with Crippen LogP contribution in [0, 0.1) is 0 Å². The molecule has 2 aromatic carbocycles. The average molecular weight is 311 g/mol. The fourth-order valence-corrected chi connectivity index (χ4v) is 2.46. The number of nitrogens with zero attached hydrogens (tertiary/aromatic N) is 2. The number of benzene rings is 2. The number of rotatable bonds is 2. The fourth-order valence-electron chi connectivity index (χ4n) is 2.33. The molecule has 0 amide bonds. The minimum atomic E-state index is -4.59. The van der Waals surface area contributed by atoms with Crippen molar-refractivity contribution >= 4 is 22.4 Å². The molecule has 0 unspecified atom stereocenters. The summed E-state index contributed by atoms with van der Waals surface area (Å²) >= 11 is 5.62. The van der Waals surface area contributed by atoms with Gasteiger partial charge in [0, 0.05) is 5.56 Å². The Bertz CT molecular complexity index is 788. The molecule has 1 aromatic heterocycles. The first-order valence-corrected chi connectivity index (χ1v) is 6.74. The highest BCUT2D eigenvalue weighted by Gasteiger charge is 2.35. The van der Waals surface area contributed by atoms with E-state index in [1.807, 2.05) is 18.2 Å². The van der Waals surface area contributed by atoms with Gasteiger partial charge in [0.25, 0.3) is 0 Å². The van der Waals surface area contributed by atoms with Crippen LogP contribution in [0.25, 0.3) is 22.0 Å². The zero-order chi connectivity index (χ0) is 15.0. The summed E-state index contributed by atoms with van der Waals surface area (Å²) < 4.78 is 39.5. The zero-order valence-electron chi connectivity index (χ0n) is 10.7. The van der Waals surface area contributed by atoms with Crippen LogP contribution in [0.15, 0.2) is 48.5 Å². The van der Waals surface area contributed by atoms with Gasteiger partial charge >= 0.3 is 6.30 Å². The molecule has 0 aliphatic heterocycles. The van der Waals surface area contributed by atoms with E-state index < -0.39 is 6.30 Å². The molecule has 3 aromatic rings.